The summed E-state index contributed by atoms with van der Waals surface area (Å²) < 4.78 is 28.8. The van der Waals surface area contributed by atoms with Crippen LogP contribution in [0.5, 0.6) is 0 Å². The summed E-state index contributed by atoms with van der Waals surface area (Å²) in [6.45, 7) is 2.57. The maximum absolute atomic E-state index is 12.2. The average Bonchev–Trinajstić information content (AvgIpc) is 2.84. The van der Waals surface area contributed by atoms with Gasteiger partial charge < -0.3 is 5.73 Å². The highest BCUT2D eigenvalue weighted by atomic mass is 32.2. The van der Waals surface area contributed by atoms with Crippen LogP contribution in [0, 0.1) is 6.92 Å². The molecule has 0 fully saturated rings. The molecular weight excluding hydrogens is 288 g/mol. The molecule has 1 aromatic heterocycles. The quantitative estimate of drug-likeness (QED) is 0.822. The highest BCUT2D eigenvalue weighted by Crippen LogP contribution is 2.15. The van der Waals surface area contributed by atoms with Crippen molar-refractivity contribution in [3.05, 3.63) is 47.3 Å². The lowest BCUT2D eigenvalue weighted by atomic mass is 10.1. The van der Waals surface area contributed by atoms with Crippen LogP contribution in [0.3, 0.4) is 0 Å². The summed E-state index contributed by atoms with van der Waals surface area (Å²) in [6, 6.07) is 5.00. The molecule has 0 radical (unpaired) electrons. The van der Waals surface area contributed by atoms with Gasteiger partial charge in [-0.05, 0) is 42.2 Å². The molecule has 0 spiro atoms. The Morgan fingerprint density at radius 1 is 1.38 bits per heavy atom. The molecule has 0 saturated heterocycles. The lowest BCUT2D eigenvalue weighted by Gasteiger charge is -2.09. The molecule has 0 unspecified atom stereocenters. The van der Waals surface area contributed by atoms with Gasteiger partial charge >= 0.3 is 0 Å². The Kier molecular flexibility index (Phi) is 4.76. The summed E-state index contributed by atoms with van der Waals surface area (Å²) in [5, 5.41) is 4.05. The van der Waals surface area contributed by atoms with E-state index in [9.17, 15) is 8.42 Å². The standard InChI is InChI=1S/C14H20N4O2S/c1-11-3-4-14(7-13(11)8-15)21(19,20)17-6-5-12-9-16-18(2)10-12/h3-4,7,9-10,17H,5-6,8,15H2,1-2H3. The van der Waals surface area contributed by atoms with Gasteiger partial charge in [0.1, 0.15) is 0 Å². The van der Waals surface area contributed by atoms with Gasteiger partial charge in [-0.25, -0.2) is 13.1 Å². The van der Waals surface area contributed by atoms with E-state index in [4.69, 9.17) is 5.73 Å². The van der Waals surface area contributed by atoms with Gasteiger partial charge in [0.15, 0.2) is 0 Å². The van der Waals surface area contributed by atoms with Gasteiger partial charge in [0, 0.05) is 26.3 Å². The first-order chi connectivity index (χ1) is 9.92. The molecule has 21 heavy (non-hydrogen) atoms. The van der Waals surface area contributed by atoms with Crippen LogP contribution in [-0.2, 0) is 30.0 Å². The molecule has 3 N–H and O–H groups in total. The number of hydrogen-bond acceptors (Lipinski definition) is 4. The molecule has 1 heterocycles. The fourth-order valence-electron chi connectivity index (χ4n) is 2.05. The Morgan fingerprint density at radius 3 is 2.76 bits per heavy atom. The van der Waals surface area contributed by atoms with Gasteiger partial charge in [-0.3, -0.25) is 4.68 Å². The van der Waals surface area contributed by atoms with E-state index >= 15 is 0 Å². The van der Waals surface area contributed by atoms with E-state index in [-0.39, 0.29) is 4.90 Å². The monoisotopic (exact) mass is 308 g/mol. The van der Waals surface area contributed by atoms with Crippen LogP contribution in [0.2, 0.25) is 0 Å². The highest BCUT2D eigenvalue weighted by Gasteiger charge is 2.14. The second-order valence-electron chi connectivity index (χ2n) is 4.96. The van der Waals surface area contributed by atoms with E-state index in [2.05, 4.69) is 9.82 Å². The Labute approximate surface area is 125 Å². The molecule has 0 amide bonds. The number of aromatic nitrogens is 2. The molecule has 6 nitrogen and oxygen atoms in total. The summed E-state index contributed by atoms with van der Waals surface area (Å²) in [4.78, 5) is 0.250. The first kappa shape index (κ1) is 15.7. The topological polar surface area (TPSA) is 90.0 Å². The van der Waals surface area contributed by atoms with Crippen LogP contribution in [0.25, 0.3) is 0 Å². The second kappa shape index (κ2) is 6.38. The van der Waals surface area contributed by atoms with Crippen molar-refractivity contribution in [1.82, 2.24) is 14.5 Å². The molecule has 0 atom stereocenters. The minimum atomic E-state index is -3.51. The van der Waals surface area contributed by atoms with E-state index in [0.29, 0.717) is 19.5 Å². The number of aryl methyl sites for hydroxylation is 2. The molecule has 114 valence electrons. The third kappa shape index (κ3) is 3.90. The predicted molar refractivity (Wildman–Crippen MR) is 81.2 cm³/mol. The van der Waals surface area contributed by atoms with Crippen molar-refractivity contribution in [2.75, 3.05) is 6.54 Å². The van der Waals surface area contributed by atoms with E-state index < -0.39 is 10.0 Å². The molecule has 2 rings (SSSR count). The molecule has 0 saturated carbocycles. The Balaban J connectivity index is 2.04. The Hall–Kier alpha value is -1.70. The number of hydrogen-bond donors (Lipinski definition) is 2. The lowest BCUT2D eigenvalue weighted by Crippen LogP contribution is -2.26. The molecule has 7 heteroatoms. The summed E-state index contributed by atoms with van der Waals surface area (Å²) in [5.41, 5.74) is 8.44. The van der Waals surface area contributed by atoms with Gasteiger partial charge in [-0.1, -0.05) is 6.07 Å². The normalized spacial score (nSPS) is 11.8. The molecule has 0 aliphatic carbocycles. The molecule has 1 aromatic carbocycles. The minimum Gasteiger partial charge on any atom is -0.326 e. The zero-order valence-electron chi connectivity index (χ0n) is 12.2. The number of benzene rings is 1. The van der Waals surface area contributed by atoms with Crippen molar-refractivity contribution in [1.29, 1.82) is 0 Å². The van der Waals surface area contributed by atoms with Gasteiger partial charge in [0.25, 0.3) is 0 Å². The predicted octanol–water partition coefficient (Wildman–Crippen LogP) is 0.708. The minimum absolute atomic E-state index is 0.250. The van der Waals surface area contributed by atoms with E-state index in [1.165, 1.54) is 0 Å². The summed E-state index contributed by atoms with van der Waals surface area (Å²) in [5.74, 6) is 0. The van der Waals surface area contributed by atoms with Crippen LogP contribution in [0.4, 0.5) is 0 Å². The summed E-state index contributed by atoms with van der Waals surface area (Å²) in [7, 11) is -1.68. The number of nitrogens with two attached hydrogens (primary N) is 1. The van der Waals surface area contributed by atoms with Gasteiger partial charge in [0.2, 0.25) is 10.0 Å². The van der Waals surface area contributed by atoms with Crippen LogP contribution in [0.15, 0.2) is 35.5 Å². The first-order valence-electron chi connectivity index (χ1n) is 6.69. The van der Waals surface area contributed by atoms with Crippen molar-refractivity contribution in [2.24, 2.45) is 12.8 Å². The SMILES string of the molecule is Cc1ccc(S(=O)(=O)NCCc2cnn(C)c2)cc1CN. The summed E-state index contributed by atoms with van der Waals surface area (Å²) in [6.07, 6.45) is 4.20. The number of sulfonamides is 1. The van der Waals surface area contributed by atoms with Crippen molar-refractivity contribution >= 4 is 10.0 Å². The smallest absolute Gasteiger partial charge is 0.240 e. The largest absolute Gasteiger partial charge is 0.326 e. The van der Waals surface area contributed by atoms with Gasteiger partial charge in [-0.2, -0.15) is 5.10 Å². The highest BCUT2D eigenvalue weighted by molar-refractivity contribution is 7.89. The second-order valence-corrected chi connectivity index (χ2v) is 6.73. The third-order valence-electron chi connectivity index (χ3n) is 3.31. The first-order valence-corrected chi connectivity index (χ1v) is 8.17. The van der Waals surface area contributed by atoms with Crippen LogP contribution >= 0.6 is 0 Å². The fourth-order valence-corrected chi connectivity index (χ4v) is 3.13. The molecular formula is C14H20N4O2S. The zero-order chi connectivity index (χ0) is 15.5. The van der Waals surface area contributed by atoms with Gasteiger partial charge in [-0.15, -0.1) is 0 Å². The lowest BCUT2D eigenvalue weighted by molar-refractivity contribution is 0.581. The van der Waals surface area contributed by atoms with Crippen LogP contribution in [0.1, 0.15) is 16.7 Å². The molecule has 0 bridgehead atoms. The third-order valence-corrected chi connectivity index (χ3v) is 4.77. The number of nitrogens with zero attached hydrogens (tertiary/aromatic N) is 2. The van der Waals surface area contributed by atoms with Crippen LogP contribution < -0.4 is 10.5 Å². The number of rotatable bonds is 6. The summed E-state index contributed by atoms with van der Waals surface area (Å²) >= 11 is 0. The van der Waals surface area contributed by atoms with Crippen molar-refractivity contribution in [2.45, 2.75) is 24.8 Å². The van der Waals surface area contributed by atoms with Crippen molar-refractivity contribution in [3.63, 3.8) is 0 Å². The van der Waals surface area contributed by atoms with Gasteiger partial charge in [0.05, 0.1) is 11.1 Å². The zero-order valence-corrected chi connectivity index (χ0v) is 13.0. The fraction of sp³-hybridized carbons (Fsp3) is 0.357. The van der Waals surface area contributed by atoms with E-state index in [1.54, 1.807) is 29.1 Å². The van der Waals surface area contributed by atoms with Crippen LogP contribution in [-0.4, -0.2) is 24.7 Å². The van der Waals surface area contributed by atoms with Crippen molar-refractivity contribution < 1.29 is 8.42 Å². The Bertz CT molecular complexity index is 722. The Morgan fingerprint density at radius 2 is 2.14 bits per heavy atom. The van der Waals surface area contributed by atoms with E-state index in [1.807, 2.05) is 20.2 Å². The average molecular weight is 308 g/mol. The molecule has 2 aromatic rings. The van der Waals surface area contributed by atoms with E-state index in [0.717, 1.165) is 16.7 Å². The number of nitrogens with one attached hydrogen (secondary N) is 1. The maximum Gasteiger partial charge on any atom is 0.240 e. The van der Waals surface area contributed by atoms with Crippen molar-refractivity contribution in [3.8, 4) is 0 Å². The molecule has 0 aliphatic heterocycles. The maximum atomic E-state index is 12.2. The molecule has 0 aliphatic rings.